The van der Waals surface area contributed by atoms with E-state index >= 15 is 0 Å². The van der Waals surface area contributed by atoms with Gasteiger partial charge < -0.3 is 35.6 Å². The van der Waals surface area contributed by atoms with E-state index in [2.05, 4.69) is 89.2 Å². The zero-order valence-corrected chi connectivity index (χ0v) is 49.1. The van der Waals surface area contributed by atoms with E-state index in [0.29, 0.717) is 13.0 Å². The first kappa shape index (κ1) is 83.9. The zero-order chi connectivity index (χ0) is 51.0. The summed E-state index contributed by atoms with van der Waals surface area (Å²) in [7, 11) is 8.33. The number of hydrogen-bond donors (Lipinski definition) is 2. The average Bonchev–Trinajstić information content (AvgIpc) is 3.33. The number of halogens is 1. The molecule has 0 aliphatic carbocycles. The van der Waals surface area contributed by atoms with Crippen LogP contribution in [0.5, 0.6) is 0 Å². The van der Waals surface area contributed by atoms with Crippen molar-refractivity contribution >= 4 is 33.8 Å². The molecule has 0 radical (unpaired) electrons. The zero-order valence-electron chi connectivity index (χ0n) is 47.6. The van der Waals surface area contributed by atoms with Crippen LogP contribution in [0.15, 0.2) is 12.7 Å². The third kappa shape index (κ3) is 98.5. The molecule has 0 saturated heterocycles. The normalized spacial score (nSPS) is 9.85. The van der Waals surface area contributed by atoms with Gasteiger partial charge in [0.1, 0.15) is 0 Å². The van der Waals surface area contributed by atoms with E-state index in [1.165, 1.54) is 245 Å². The second kappa shape index (κ2) is 83.0. The fourth-order valence-corrected chi connectivity index (χ4v) is 7.19. The van der Waals surface area contributed by atoms with Crippen LogP contribution in [-0.4, -0.2) is 105 Å². The fourth-order valence-electron chi connectivity index (χ4n) is 6.80. The number of alkyl halides is 1. The summed E-state index contributed by atoms with van der Waals surface area (Å²) in [6.45, 7) is 18.1. The van der Waals surface area contributed by atoms with Crippen molar-refractivity contribution < 1.29 is 53.3 Å². The van der Waals surface area contributed by atoms with Gasteiger partial charge in [0, 0.05) is 24.5 Å². The standard InChI is InChI=1S/C15H31NO2.C14H29NO2.C12H26.C10H21Br.C4H6O2.CH5N.Li.H2O/c1-4-5-6-7-8-9-10-11-13-16(2)14-12-15(17)18-3;1-3-4-5-6-7-8-9-10-12-15(2)13-11-14(16)17;1-3-5-7-9-11-12-10-8-6-4-2;1-2-3-4-5-6-7-8-9-10-11;1-3-4(5)6-2;1-2;;/h4-14H2,1-3H3;3-13H2,1-2H3,(H,16,17);3-12H2,1-2H3;2-10H2,1H3;3H,1H2,2H3;2H2,1H3;;1H2/q;;;;;;+1;/p-1. The van der Waals surface area contributed by atoms with Gasteiger partial charge in [-0.15, -0.1) is 0 Å². The van der Waals surface area contributed by atoms with E-state index in [4.69, 9.17) is 5.11 Å². The number of nitrogens with zero attached hydrogens (tertiary/aromatic N) is 2. The number of carboxylic acid groups (broad SMARTS) is 1. The Morgan fingerprint density at radius 2 is 0.721 bits per heavy atom. The molecule has 0 aromatic heterocycles. The van der Waals surface area contributed by atoms with Gasteiger partial charge in [-0.3, -0.25) is 9.59 Å². The van der Waals surface area contributed by atoms with Crippen LogP contribution in [0.1, 0.15) is 266 Å². The molecule has 12 heteroatoms. The Labute approximate surface area is 445 Å². The number of aliphatic carboxylic acids is 1. The molecule has 4 N–H and O–H groups in total. The maximum atomic E-state index is 11.0. The average molecular weight is 1030 g/mol. The molecule has 0 bridgehead atoms. The van der Waals surface area contributed by atoms with E-state index < -0.39 is 11.9 Å². The third-order valence-corrected chi connectivity index (χ3v) is 11.8. The molecule has 68 heavy (non-hydrogen) atoms. The summed E-state index contributed by atoms with van der Waals surface area (Å²) in [6, 6.07) is 0. The first-order valence-corrected chi connectivity index (χ1v) is 28.6. The predicted octanol–water partition coefficient (Wildman–Crippen LogP) is 13.4. The van der Waals surface area contributed by atoms with Crippen LogP contribution < -0.4 is 24.6 Å². The molecule has 0 unspecified atom stereocenters. The van der Waals surface area contributed by atoms with Crippen LogP contribution in [0, 0.1) is 0 Å². The number of nitrogens with two attached hydrogens (primary N) is 1. The molecule has 0 aliphatic rings. The first-order valence-electron chi connectivity index (χ1n) is 27.5. The Morgan fingerprint density at radius 1 is 0.471 bits per heavy atom. The van der Waals surface area contributed by atoms with Crippen molar-refractivity contribution in [1.82, 2.24) is 9.80 Å². The number of methoxy groups -OCH3 is 2. The Morgan fingerprint density at radius 3 is 0.926 bits per heavy atom. The van der Waals surface area contributed by atoms with E-state index in [-0.39, 0.29) is 36.7 Å². The minimum absolute atomic E-state index is 0. The molecular weight excluding hydrogens is 913 g/mol. The Hall–Kier alpha value is -0.933. The van der Waals surface area contributed by atoms with Crippen LogP contribution in [0.4, 0.5) is 0 Å². The molecule has 0 amide bonds. The molecule has 0 aromatic rings. The molecular formula is C56H119BrLiN3O7. The van der Waals surface area contributed by atoms with Gasteiger partial charge in [-0.25, -0.2) is 4.79 Å². The van der Waals surface area contributed by atoms with Gasteiger partial charge in [0.15, 0.2) is 0 Å². The monoisotopic (exact) mass is 1030 g/mol. The number of esters is 2. The van der Waals surface area contributed by atoms with Crippen molar-refractivity contribution in [2.24, 2.45) is 5.73 Å². The van der Waals surface area contributed by atoms with Gasteiger partial charge in [0.05, 0.1) is 27.1 Å². The van der Waals surface area contributed by atoms with Gasteiger partial charge in [-0.1, -0.05) is 256 Å². The summed E-state index contributed by atoms with van der Waals surface area (Å²) >= 11 is 3.44. The summed E-state index contributed by atoms with van der Waals surface area (Å²) in [5, 5.41) is 9.73. The van der Waals surface area contributed by atoms with Crippen molar-refractivity contribution in [3.63, 3.8) is 0 Å². The van der Waals surface area contributed by atoms with Crippen LogP contribution in [-0.2, 0) is 23.9 Å². The molecule has 0 fully saturated rings. The van der Waals surface area contributed by atoms with Crippen molar-refractivity contribution in [2.75, 3.05) is 66.9 Å². The maximum Gasteiger partial charge on any atom is 1.00 e. The number of unbranched alkanes of at least 4 members (excludes halogenated alkanes) is 30. The van der Waals surface area contributed by atoms with Crippen LogP contribution in [0.3, 0.4) is 0 Å². The van der Waals surface area contributed by atoms with Gasteiger partial charge >= 0.3 is 36.8 Å². The summed E-state index contributed by atoms with van der Waals surface area (Å²) in [6.07, 6.45) is 49.1. The van der Waals surface area contributed by atoms with Gasteiger partial charge in [-0.2, -0.15) is 0 Å². The fraction of sp³-hybridized carbons (Fsp3) is 0.911. The quantitative estimate of drug-likeness (QED) is 0.0199. The molecule has 0 saturated carbocycles. The number of rotatable bonds is 42. The number of carbonyl (C=O) groups excluding carboxylic acids is 2. The Bertz CT molecular complexity index is 890. The molecule has 0 spiro atoms. The van der Waals surface area contributed by atoms with E-state index in [1.807, 2.05) is 7.05 Å². The first-order chi connectivity index (χ1) is 32.0. The second-order valence-corrected chi connectivity index (χ2v) is 18.5. The minimum atomic E-state index is -0.701. The van der Waals surface area contributed by atoms with E-state index in [1.54, 1.807) is 0 Å². The van der Waals surface area contributed by atoms with E-state index in [0.717, 1.165) is 25.7 Å². The van der Waals surface area contributed by atoms with E-state index in [9.17, 15) is 14.4 Å². The van der Waals surface area contributed by atoms with Gasteiger partial charge in [0.25, 0.3) is 0 Å². The third-order valence-electron chi connectivity index (χ3n) is 11.2. The number of hydrogen-bond acceptors (Lipinski definition) is 9. The minimum Gasteiger partial charge on any atom is -0.870 e. The number of carboxylic acids is 1. The summed E-state index contributed by atoms with van der Waals surface area (Å²) in [5.74, 6) is -1.21. The SMILES string of the molecule is C=CC(=O)OC.CCCCCCCCCCBr.CCCCCCCCCCCC.CCCCCCCCCCN(C)CCC(=O)O.CCCCCCCCCCN(C)CCC(=O)OC.CN.[Li+].[OH-]. The number of carbonyl (C=O) groups is 3. The summed E-state index contributed by atoms with van der Waals surface area (Å²) in [4.78, 5) is 35.5. The number of ether oxygens (including phenoxy) is 2. The summed E-state index contributed by atoms with van der Waals surface area (Å²) < 4.78 is 8.77. The van der Waals surface area contributed by atoms with Crippen LogP contribution in [0.25, 0.3) is 0 Å². The molecule has 0 rings (SSSR count). The van der Waals surface area contributed by atoms with Crippen LogP contribution in [0.2, 0.25) is 0 Å². The molecule has 0 aromatic carbocycles. The molecule has 408 valence electrons. The molecule has 0 atom stereocenters. The van der Waals surface area contributed by atoms with Crippen molar-refractivity contribution in [2.45, 2.75) is 266 Å². The van der Waals surface area contributed by atoms with Crippen LogP contribution >= 0.6 is 15.9 Å². The summed E-state index contributed by atoms with van der Waals surface area (Å²) in [5.41, 5.74) is 4.50. The van der Waals surface area contributed by atoms with Crippen molar-refractivity contribution in [1.29, 1.82) is 0 Å². The predicted molar refractivity (Wildman–Crippen MR) is 297 cm³/mol. The van der Waals surface area contributed by atoms with Crippen molar-refractivity contribution in [3.05, 3.63) is 12.7 Å². The van der Waals surface area contributed by atoms with Gasteiger partial charge in [0.2, 0.25) is 0 Å². The maximum absolute atomic E-state index is 11.0. The largest absolute Gasteiger partial charge is 1.00 e. The topological polar surface area (TPSA) is 152 Å². The Kier molecular flexibility index (Phi) is 102. The smallest absolute Gasteiger partial charge is 0.870 e. The second-order valence-electron chi connectivity index (χ2n) is 17.7. The molecule has 0 heterocycles. The van der Waals surface area contributed by atoms with Gasteiger partial charge in [-0.05, 0) is 53.5 Å². The molecule has 10 nitrogen and oxygen atoms in total. The van der Waals surface area contributed by atoms with Crippen molar-refractivity contribution in [3.8, 4) is 0 Å². The molecule has 0 aliphatic heterocycles. The Balaban J connectivity index is -0.000000112.